The van der Waals surface area contributed by atoms with Gasteiger partial charge in [-0.15, -0.1) is 0 Å². The van der Waals surface area contributed by atoms with E-state index in [4.69, 9.17) is 4.74 Å². The van der Waals surface area contributed by atoms with Crippen LogP contribution in [0.15, 0.2) is 18.2 Å². The van der Waals surface area contributed by atoms with Crippen molar-refractivity contribution in [2.75, 3.05) is 44.0 Å². The number of ether oxygens (including phenoxy) is 1. The maximum Gasteiger partial charge on any atom is 0.410 e. The van der Waals surface area contributed by atoms with Crippen LogP contribution in [0.4, 0.5) is 10.5 Å². The van der Waals surface area contributed by atoms with Crippen molar-refractivity contribution in [1.82, 2.24) is 15.1 Å². The Labute approximate surface area is 154 Å². The Balaban J connectivity index is 1.55. The van der Waals surface area contributed by atoms with Gasteiger partial charge in [-0.05, 0) is 30.7 Å². The fourth-order valence-electron chi connectivity index (χ4n) is 2.84. The minimum Gasteiger partial charge on any atom is -0.755 e. The highest BCUT2D eigenvalue weighted by Gasteiger charge is 2.29. The highest BCUT2D eigenvalue weighted by Crippen LogP contribution is 2.19. The molecule has 1 unspecified atom stereocenters. The molecule has 2 aliphatic rings. The van der Waals surface area contributed by atoms with Gasteiger partial charge in [0.05, 0.1) is 0 Å². The van der Waals surface area contributed by atoms with Crippen molar-refractivity contribution in [2.24, 2.45) is 0 Å². The van der Waals surface area contributed by atoms with Crippen LogP contribution in [0.25, 0.3) is 0 Å². The molecule has 0 aliphatic carbocycles. The van der Waals surface area contributed by atoms with Crippen molar-refractivity contribution < 1.29 is 23.1 Å². The number of carbonyl (C=O) groups excluding carboxylic acids is 2. The van der Waals surface area contributed by atoms with Crippen molar-refractivity contribution in [3.63, 3.8) is 0 Å². The molecule has 1 aromatic carbocycles. The molecule has 0 bridgehead atoms. The molecular formula is C16H21N4O5S-. The summed E-state index contributed by atoms with van der Waals surface area (Å²) in [6.45, 7) is 4.83. The van der Waals surface area contributed by atoms with Crippen molar-refractivity contribution in [3.05, 3.63) is 29.3 Å². The third kappa shape index (κ3) is 4.32. The molecule has 0 spiro atoms. The Morgan fingerprint density at radius 3 is 2.42 bits per heavy atom. The molecular weight excluding hydrogens is 360 g/mol. The van der Waals surface area contributed by atoms with Gasteiger partial charge in [-0.1, -0.05) is 0 Å². The molecule has 2 heterocycles. The maximum absolute atomic E-state index is 12.6. The molecule has 1 atom stereocenters. The number of nitrogens with zero attached hydrogens (tertiary/aromatic N) is 2. The van der Waals surface area contributed by atoms with Crippen LogP contribution in [0.3, 0.4) is 0 Å². The topological polar surface area (TPSA) is 114 Å². The Morgan fingerprint density at radius 1 is 1.23 bits per heavy atom. The average Bonchev–Trinajstić information content (AvgIpc) is 2.59. The molecule has 1 aromatic rings. The van der Waals surface area contributed by atoms with Gasteiger partial charge >= 0.3 is 6.09 Å². The molecule has 2 N–H and O–H groups in total. The second kappa shape index (κ2) is 8.02. The molecule has 0 radical (unpaired) electrons. The lowest BCUT2D eigenvalue weighted by atomic mass is 10.1. The SMILES string of the molecule is Cc1cc(C(=O)N2CCN(C(=O)OC3CNC3)CC2)ccc1NS(=O)[O-]. The number of amides is 2. The van der Waals surface area contributed by atoms with E-state index in [0.29, 0.717) is 56.1 Å². The number of benzene rings is 1. The molecule has 9 nitrogen and oxygen atoms in total. The predicted molar refractivity (Wildman–Crippen MR) is 94.3 cm³/mol. The van der Waals surface area contributed by atoms with Gasteiger partial charge < -0.3 is 29.1 Å². The van der Waals surface area contributed by atoms with Gasteiger partial charge in [0.2, 0.25) is 0 Å². The summed E-state index contributed by atoms with van der Waals surface area (Å²) in [4.78, 5) is 28.0. The van der Waals surface area contributed by atoms with Crippen LogP contribution in [0, 0.1) is 6.92 Å². The van der Waals surface area contributed by atoms with E-state index < -0.39 is 11.3 Å². The van der Waals surface area contributed by atoms with Crippen LogP contribution >= 0.6 is 0 Å². The summed E-state index contributed by atoms with van der Waals surface area (Å²) in [5.74, 6) is -0.140. The van der Waals surface area contributed by atoms with Crippen molar-refractivity contribution in [1.29, 1.82) is 0 Å². The number of aryl methyl sites for hydroxylation is 1. The van der Waals surface area contributed by atoms with Gasteiger partial charge in [0.25, 0.3) is 5.91 Å². The summed E-state index contributed by atoms with van der Waals surface area (Å²) < 4.78 is 29.1. The molecule has 2 aliphatic heterocycles. The van der Waals surface area contributed by atoms with Crippen LogP contribution in [0.5, 0.6) is 0 Å². The highest BCUT2D eigenvalue weighted by molar-refractivity contribution is 7.80. The Hall–Kier alpha value is -2.17. The van der Waals surface area contributed by atoms with E-state index in [0.717, 1.165) is 0 Å². The van der Waals surface area contributed by atoms with E-state index in [1.165, 1.54) is 0 Å². The first-order valence-electron chi connectivity index (χ1n) is 8.36. The number of piperazine rings is 1. The fraction of sp³-hybridized carbons (Fsp3) is 0.500. The molecule has 2 saturated heterocycles. The zero-order valence-electron chi connectivity index (χ0n) is 14.4. The van der Waals surface area contributed by atoms with E-state index >= 15 is 0 Å². The van der Waals surface area contributed by atoms with Gasteiger partial charge in [-0.25, -0.2) is 4.79 Å². The number of rotatable bonds is 4. The van der Waals surface area contributed by atoms with E-state index in [1.54, 1.807) is 34.9 Å². The Bertz CT molecular complexity index is 717. The van der Waals surface area contributed by atoms with Crippen LogP contribution in [0.2, 0.25) is 0 Å². The van der Waals surface area contributed by atoms with E-state index in [-0.39, 0.29) is 18.1 Å². The first-order valence-corrected chi connectivity index (χ1v) is 9.43. The van der Waals surface area contributed by atoms with Gasteiger partial charge in [-0.3, -0.25) is 9.00 Å². The predicted octanol–water partition coefficient (Wildman–Crippen LogP) is 0.0672. The van der Waals surface area contributed by atoms with Gasteiger partial charge in [0.15, 0.2) is 0 Å². The molecule has 0 aromatic heterocycles. The summed E-state index contributed by atoms with van der Waals surface area (Å²) >= 11 is -2.41. The Kier molecular flexibility index (Phi) is 5.74. The number of hydrogen-bond acceptors (Lipinski definition) is 6. The minimum atomic E-state index is -2.41. The van der Waals surface area contributed by atoms with E-state index in [2.05, 4.69) is 10.0 Å². The third-order valence-corrected chi connectivity index (χ3v) is 4.89. The first kappa shape index (κ1) is 18.6. The first-order chi connectivity index (χ1) is 12.4. The normalized spacial score (nSPS) is 18.8. The fourth-order valence-corrected chi connectivity index (χ4v) is 3.25. The standard InChI is InChI=1S/C16H22N4O5S/c1-11-8-12(2-3-14(11)18-26(23)24)15(21)19-4-6-20(7-5-19)16(22)25-13-9-17-10-13/h2-3,8,13,17-18H,4-7,9-10H2,1H3,(H,23,24)/p-1. The van der Waals surface area contributed by atoms with Crippen LogP contribution in [0.1, 0.15) is 15.9 Å². The molecule has 142 valence electrons. The molecule has 3 rings (SSSR count). The monoisotopic (exact) mass is 381 g/mol. The van der Waals surface area contributed by atoms with Crippen LogP contribution < -0.4 is 10.0 Å². The lowest BCUT2D eigenvalue weighted by molar-refractivity contribution is 0.0258. The molecule has 26 heavy (non-hydrogen) atoms. The summed E-state index contributed by atoms with van der Waals surface area (Å²) in [7, 11) is 0. The number of anilines is 1. The van der Waals surface area contributed by atoms with Gasteiger partial charge in [0, 0.05) is 61.8 Å². The second-order valence-corrected chi connectivity index (χ2v) is 6.98. The number of hydrogen-bond donors (Lipinski definition) is 2. The third-order valence-electron chi connectivity index (χ3n) is 4.50. The van der Waals surface area contributed by atoms with Crippen LogP contribution in [-0.2, 0) is 16.0 Å². The average molecular weight is 381 g/mol. The number of nitrogens with one attached hydrogen (secondary N) is 2. The summed E-state index contributed by atoms with van der Waals surface area (Å²) in [5.41, 5.74) is 1.59. The second-order valence-electron chi connectivity index (χ2n) is 6.31. The lowest BCUT2D eigenvalue weighted by Gasteiger charge is -2.36. The molecule has 2 amide bonds. The van der Waals surface area contributed by atoms with E-state index in [1.807, 2.05) is 0 Å². The summed E-state index contributed by atoms with van der Waals surface area (Å²) in [6.07, 6.45) is -0.388. The van der Waals surface area contributed by atoms with E-state index in [9.17, 15) is 18.4 Å². The lowest BCUT2D eigenvalue weighted by Crippen LogP contribution is -2.54. The molecule has 2 fully saturated rings. The largest absolute Gasteiger partial charge is 0.755 e. The minimum absolute atomic E-state index is 0.0549. The van der Waals surface area contributed by atoms with Crippen molar-refractivity contribution in [3.8, 4) is 0 Å². The summed E-state index contributed by atoms with van der Waals surface area (Å²) in [5, 5.41) is 3.04. The summed E-state index contributed by atoms with van der Waals surface area (Å²) in [6, 6.07) is 4.81. The van der Waals surface area contributed by atoms with Crippen LogP contribution in [-0.4, -0.2) is 75.9 Å². The molecule has 10 heteroatoms. The maximum atomic E-state index is 12.6. The number of carbonyl (C=O) groups is 2. The van der Waals surface area contributed by atoms with Crippen molar-refractivity contribution >= 4 is 29.0 Å². The van der Waals surface area contributed by atoms with Crippen molar-refractivity contribution in [2.45, 2.75) is 13.0 Å². The quantitative estimate of drug-likeness (QED) is 0.714. The Morgan fingerprint density at radius 2 is 1.88 bits per heavy atom. The zero-order valence-corrected chi connectivity index (χ0v) is 15.2. The zero-order chi connectivity index (χ0) is 18.7. The van der Waals surface area contributed by atoms with Gasteiger partial charge in [0.1, 0.15) is 6.10 Å². The van der Waals surface area contributed by atoms with Gasteiger partial charge in [-0.2, -0.15) is 0 Å². The molecule has 0 saturated carbocycles. The highest BCUT2D eigenvalue weighted by atomic mass is 32.2. The smallest absolute Gasteiger partial charge is 0.410 e.